The molecule has 2 aromatic heterocycles. The molecule has 4 aliphatic heterocycles. The van der Waals surface area contributed by atoms with Crippen LogP contribution in [0.3, 0.4) is 0 Å². The maximum Gasteiger partial charge on any atom is 0.330 e. The van der Waals surface area contributed by atoms with Gasteiger partial charge in [0, 0.05) is 51.2 Å². The third-order valence-corrected chi connectivity index (χ3v) is 7.58. The van der Waals surface area contributed by atoms with Gasteiger partial charge in [-0.3, -0.25) is 38.3 Å². The zero-order valence-electron chi connectivity index (χ0n) is 23.5. The summed E-state index contributed by atoms with van der Waals surface area (Å²) in [5.41, 5.74) is -2.24. The molecule has 0 unspecified atom stereocenters. The van der Waals surface area contributed by atoms with Crippen LogP contribution in [0.1, 0.15) is 39.1 Å². The molecule has 4 aliphatic rings. The van der Waals surface area contributed by atoms with E-state index in [-0.39, 0.29) is 19.6 Å². The highest BCUT2D eigenvalue weighted by atomic mass is 16.7. The lowest BCUT2D eigenvalue weighted by Gasteiger charge is -2.28. The van der Waals surface area contributed by atoms with Crippen LogP contribution in [0.2, 0.25) is 0 Å². The molecule has 0 spiro atoms. The van der Waals surface area contributed by atoms with Crippen molar-refractivity contribution in [2.75, 3.05) is 13.2 Å². The van der Waals surface area contributed by atoms with Crippen LogP contribution in [-0.2, 0) is 42.8 Å². The first kappa shape index (κ1) is 29.7. The number of nitrogens with zero attached hydrogens (tertiary/aromatic N) is 3. The molecule has 2 bridgehead atoms. The van der Waals surface area contributed by atoms with E-state index in [0.29, 0.717) is 12.1 Å². The van der Waals surface area contributed by atoms with E-state index in [1.165, 1.54) is 26.2 Å². The molecule has 18 heteroatoms. The average Bonchev–Trinajstić information content (AvgIpc) is 3.62. The van der Waals surface area contributed by atoms with Gasteiger partial charge in [-0.05, 0) is 0 Å². The SMILES string of the molecule is CC(=O)O[C@@H]1[C@H]2OC[C@H]3CC(=NO3)C[C@H]3O[C@@H](n4ccc(=O)[nH]c4=O)[C@H](OC(C)=O)[C@H]3OC[C@H]2O[C@H]1n1ccc(=O)[nH]c1=O. The van der Waals surface area contributed by atoms with Gasteiger partial charge in [0.2, 0.25) is 0 Å². The summed E-state index contributed by atoms with van der Waals surface area (Å²) in [5.74, 6) is -1.35. The molecule has 6 heterocycles. The average molecular weight is 620 g/mol. The van der Waals surface area contributed by atoms with Crippen molar-refractivity contribution in [3.63, 3.8) is 0 Å². The van der Waals surface area contributed by atoms with Crippen LogP contribution in [0.5, 0.6) is 0 Å². The van der Waals surface area contributed by atoms with Gasteiger partial charge in [0.25, 0.3) is 11.1 Å². The molecule has 0 radical (unpaired) electrons. The molecule has 2 N–H and O–H groups in total. The normalized spacial score (nSPS) is 33.1. The molecule has 9 atom stereocenters. The zero-order valence-corrected chi connectivity index (χ0v) is 23.5. The molecule has 2 aromatic rings. The van der Waals surface area contributed by atoms with Crippen LogP contribution in [-0.4, -0.2) is 92.7 Å². The van der Waals surface area contributed by atoms with Gasteiger partial charge < -0.3 is 33.3 Å². The van der Waals surface area contributed by atoms with Crippen molar-refractivity contribution < 1.29 is 42.8 Å². The van der Waals surface area contributed by atoms with Crippen LogP contribution in [0, 0.1) is 0 Å². The molecule has 0 amide bonds. The van der Waals surface area contributed by atoms with Crippen molar-refractivity contribution in [1.82, 2.24) is 19.1 Å². The Morgan fingerprint density at radius 2 is 1.32 bits per heavy atom. The maximum atomic E-state index is 12.7. The number of aromatic nitrogens is 4. The molecule has 0 aliphatic carbocycles. The van der Waals surface area contributed by atoms with Gasteiger partial charge in [0.1, 0.15) is 18.3 Å². The highest BCUT2D eigenvalue weighted by Crippen LogP contribution is 2.39. The number of fused-ring (bicyclic) bond motifs is 4. The Morgan fingerprint density at radius 3 is 1.86 bits per heavy atom. The molecule has 236 valence electrons. The Kier molecular flexibility index (Phi) is 8.06. The Hall–Kier alpha value is -4.39. The van der Waals surface area contributed by atoms with Crippen LogP contribution in [0.25, 0.3) is 0 Å². The summed E-state index contributed by atoms with van der Waals surface area (Å²) in [5, 5.41) is 4.15. The van der Waals surface area contributed by atoms with Crippen LogP contribution in [0.4, 0.5) is 0 Å². The van der Waals surface area contributed by atoms with E-state index in [1.54, 1.807) is 0 Å². The highest BCUT2D eigenvalue weighted by molar-refractivity contribution is 5.86. The fourth-order valence-corrected chi connectivity index (χ4v) is 5.81. The fourth-order valence-electron chi connectivity index (χ4n) is 5.81. The third-order valence-electron chi connectivity index (χ3n) is 7.58. The molecule has 6 rings (SSSR count). The van der Waals surface area contributed by atoms with Crippen LogP contribution < -0.4 is 22.5 Å². The smallest absolute Gasteiger partial charge is 0.330 e. The summed E-state index contributed by atoms with van der Waals surface area (Å²) in [7, 11) is 0. The number of hydrogen-bond acceptors (Lipinski definition) is 14. The van der Waals surface area contributed by atoms with Crippen LogP contribution >= 0.6 is 0 Å². The predicted octanol–water partition coefficient (Wildman–Crippen LogP) is -1.94. The number of nitrogens with one attached hydrogen (secondary N) is 2. The quantitative estimate of drug-likeness (QED) is 0.356. The first-order valence-electron chi connectivity index (χ1n) is 13.8. The number of hydrogen-bond donors (Lipinski definition) is 2. The molecule has 0 saturated carbocycles. The highest BCUT2D eigenvalue weighted by Gasteiger charge is 2.53. The van der Waals surface area contributed by atoms with E-state index in [2.05, 4.69) is 15.1 Å². The Labute approximate surface area is 246 Å². The molecule has 3 saturated heterocycles. The monoisotopic (exact) mass is 619 g/mol. The largest absolute Gasteiger partial charge is 0.455 e. The summed E-state index contributed by atoms with van der Waals surface area (Å²) < 4.78 is 38.2. The number of oxime groups is 1. The summed E-state index contributed by atoms with van der Waals surface area (Å²) >= 11 is 0. The van der Waals surface area contributed by atoms with Gasteiger partial charge in [-0.15, -0.1) is 0 Å². The minimum atomic E-state index is -1.21. The fraction of sp³-hybridized carbons (Fsp3) is 0.577. The van der Waals surface area contributed by atoms with Crippen molar-refractivity contribution in [2.45, 2.75) is 81.9 Å². The molecule has 3 fully saturated rings. The number of aromatic amines is 2. The van der Waals surface area contributed by atoms with Gasteiger partial charge in [-0.1, -0.05) is 5.16 Å². The van der Waals surface area contributed by atoms with Gasteiger partial charge >= 0.3 is 23.3 Å². The molecule has 0 aromatic carbocycles. The van der Waals surface area contributed by atoms with Crippen molar-refractivity contribution in [1.29, 1.82) is 0 Å². The second-order valence-corrected chi connectivity index (χ2v) is 10.7. The molecular weight excluding hydrogens is 590 g/mol. The number of ether oxygens (including phenoxy) is 6. The predicted molar refractivity (Wildman–Crippen MR) is 143 cm³/mol. The Bertz CT molecular complexity index is 1690. The first-order chi connectivity index (χ1) is 21.1. The number of carbonyl (C=O) groups excluding carboxylic acids is 2. The van der Waals surface area contributed by atoms with E-state index < -0.39 is 89.6 Å². The van der Waals surface area contributed by atoms with Crippen LogP contribution in [0.15, 0.2) is 48.9 Å². The lowest BCUT2D eigenvalue weighted by atomic mass is 10.0. The van der Waals surface area contributed by atoms with E-state index >= 15 is 0 Å². The summed E-state index contributed by atoms with van der Waals surface area (Å²) in [6.07, 6.45) is -5.99. The lowest BCUT2D eigenvalue weighted by Crippen LogP contribution is -2.45. The lowest BCUT2D eigenvalue weighted by molar-refractivity contribution is -0.161. The standard InChI is InChI=1S/C26H29N5O13/c1-11(32)40-21-19-15(42-23(21)30-5-3-17(34)27-25(30)36)8-13-7-14(44-29-13)9-38-20-16(10-39-19)43-24(22(20)41-12(2)33)31-6-4-18(35)28-26(31)37/h3-6,14-16,19-24H,7-10H2,1-2H3,(H,27,34,36)(H,28,35,37)/t14-,15-,16-,19+,20+,21-,22-,23-,24-/m1/s1. The number of esters is 2. The van der Waals surface area contributed by atoms with Crippen molar-refractivity contribution in [3.05, 3.63) is 66.2 Å². The third kappa shape index (κ3) is 5.88. The molecular formula is C26H29N5O13. The summed E-state index contributed by atoms with van der Waals surface area (Å²) in [6.45, 7) is 2.16. The van der Waals surface area contributed by atoms with Gasteiger partial charge in [-0.2, -0.15) is 0 Å². The summed E-state index contributed by atoms with van der Waals surface area (Å²) in [4.78, 5) is 83.0. The second-order valence-electron chi connectivity index (χ2n) is 10.7. The Morgan fingerprint density at radius 1 is 0.795 bits per heavy atom. The maximum absolute atomic E-state index is 12.7. The van der Waals surface area contributed by atoms with Gasteiger partial charge in [0.15, 0.2) is 30.8 Å². The number of rotatable bonds is 4. The first-order valence-corrected chi connectivity index (χ1v) is 13.8. The molecule has 44 heavy (non-hydrogen) atoms. The van der Waals surface area contributed by atoms with E-state index in [9.17, 15) is 28.8 Å². The van der Waals surface area contributed by atoms with Crippen molar-refractivity contribution in [3.8, 4) is 0 Å². The number of H-pyrrole nitrogens is 2. The topological polar surface area (TPSA) is 221 Å². The van der Waals surface area contributed by atoms with Crippen molar-refractivity contribution >= 4 is 17.7 Å². The number of carbonyl (C=O) groups is 2. The van der Waals surface area contributed by atoms with E-state index in [1.807, 2.05) is 0 Å². The van der Waals surface area contributed by atoms with Gasteiger partial charge in [-0.25, -0.2) is 9.59 Å². The molecule has 18 nitrogen and oxygen atoms in total. The zero-order chi connectivity index (χ0) is 31.1. The Balaban J connectivity index is 1.36. The van der Waals surface area contributed by atoms with Gasteiger partial charge in [0.05, 0.1) is 25.0 Å². The van der Waals surface area contributed by atoms with E-state index in [0.717, 1.165) is 21.3 Å². The summed E-state index contributed by atoms with van der Waals surface area (Å²) in [6, 6.07) is 2.25. The van der Waals surface area contributed by atoms with E-state index in [4.69, 9.17) is 33.3 Å². The van der Waals surface area contributed by atoms with Crippen molar-refractivity contribution in [2.24, 2.45) is 5.16 Å². The second kappa shape index (κ2) is 11.9. The minimum Gasteiger partial charge on any atom is -0.455 e. The minimum absolute atomic E-state index is 0.0168.